The number of nitrogens with one attached hydrogen (secondary N) is 2. The number of nitrogens with zero attached hydrogens (tertiary/aromatic N) is 2. The molecule has 1 aliphatic rings. The van der Waals surface area contributed by atoms with Crippen molar-refractivity contribution in [2.24, 2.45) is 0 Å². The predicted octanol–water partition coefficient (Wildman–Crippen LogP) is 4.33. The maximum absolute atomic E-state index is 12.8. The quantitative estimate of drug-likeness (QED) is 0.455. The number of amides is 1. The van der Waals surface area contributed by atoms with Crippen LogP contribution < -0.4 is 10.9 Å². The number of fused-ring (bicyclic) bond motifs is 2. The number of H-pyrrole nitrogens is 1. The summed E-state index contributed by atoms with van der Waals surface area (Å²) in [7, 11) is 0. The third-order valence-corrected chi connectivity index (χ3v) is 7.32. The predicted molar refractivity (Wildman–Crippen MR) is 122 cm³/mol. The van der Waals surface area contributed by atoms with Crippen molar-refractivity contribution in [3.63, 3.8) is 0 Å². The molecular formula is C22H20N4O2S2. The van der Waals surface area contributed by atoms with E-state index in [4.69, 9.17) is 4.98 Å². The van der Waals surface area contributed by atoms with Gasteiger partial charge in [0.1, 0.15) is 10.7 Å². The highest BCUT2D eigenvalue weighted by atomic mass is 32.2. The van der Waals surface area contributed by atoms with Gasteiger partial charge in [0.25, 0.3) is 11.5 Å². The van der Waals surface area contributed by atoms with E-state index in [1.807, 2.05) is 44.2 Å². The zero-order valence-corrected chi connectivity index (χ0v) is 18.2. The van der Waals surface area contributed by atoms with Gasteiger partial charge in [-0.15, -0.1) is 11.3 Å². The Balaban J connectivity index is 1.46. The molecule has 5 rings (SSSR count). The molecule has 0 radical (unpaired) electrons. The monoisotopic (exact) mass is 436 g/mol. The molecule has 3 heterocycles. The number of thiophene rings is 1. The summed E-state index contributed by atoms with van der Waals surface area (Å²) in [5.74, 6) is 1.02. The summed E-state index contributed by atoms with van der Waals surface area (Å²) in [6.07, 6.45) is 2.08. The van der Waals surface area contributed by atoms with E-state index in [0.717, 1.165) is 44.0 Å². The molecule has 0 spiro atoms. The smallest absolute Gasteiger partial charge is 0.259 e. The van der Waals surface area contributed by atoms with Gasteiger partial charge in [-0.2, -0.15) is 0 Å². The molecule has 4 aromatic rings. The molecule has 152 valence electrons. The maximum atomic E-state index is 12.8. The lowest BCUT2D eigenvalue weighted by molar-refractivity contribution is 0.0952. The minimum atomic E-state index is -0.103. The maximum Gasteiger partial charge on any atom is 0.259 e. The Morgan fingerprint density at radius 2 is 2.07 bits per heavy atom. The van der Waals surface area contributed by atoms with Gasteiger partial charge in [0.2, 0.25) is 0 Å². The number of aryl methyl sites for hydroxylation is 2. The summed E-state index contributed by atoms with van der Waals surface area (Å²) >= 11 is 3.00. The number of carbonyl (C=O) groups is 1. The number of aromatic nitrogens is 3. The second kappa shape index (κ2) is 7.52. The Hall–Kier alpha value is -2.71. The zero-order chi connectivity index (χ0) is 20.8. The van der Waals surface area contributed by atoms with Crippen molar-refractivity contribution in [1.82, 2.24) is 20.3 Å². The molecular weight excluding hydrogens is 416 g/mol. The number of hydrogen-bond donors (Lipinski definition) is 2. The van der Waals surface area contributed by atoms with Gasteiger partial charge < -0.3 is 10.3 Å². The number of carbonyl (C=O) groups excluding carboxylic acids is 1. The van der Waals surface area contributed by atoms with Crippen LogP contribution in [0.1, 0.15) is 39.5 Å². The Morgan fingerprint density at radius 3 is 2.87 bits per heavy atom. The van der Waals surface area contributed by atoms with Crippen LogP contribution in [-0.4, -0.2) is 26.9 Å². The summed E-state index contributed by atoms with van der Waals surface area (Å²) in [5.41, 5.74) is 2.31. The van der Waals surface area contributed by atoms with Crippen molar-refractivity contribution in [1.29, 1.82) is 0 Å². The average molecular weight is 437 g/mol. The first-order chi connectivity index (χ1) is 14.5. The van der Waals surface area contributed by atoms with Crippen molar-refractivity contribution in [2.75, 3.05) is 0 Å². The lowest BCUT2D eigenvalue weighted by Crippen LogP contribution is -2.25. The van der Waals surface area contributed by atoms with Gasteiger partial charge in [0.15, 0.2) is 0 Å². The summed E-state index contributed by atoms with van der Waals surface area (Å²) in [5, 5.41) is 5.32. The second-order valence-electron chi connectivity index (χ2n) is 7.54. The first-order valence-corrected chi connectivity index (χ1v) is 11.6. The van der Waals surface area contributed by atoms with Crippen molar-refractivity contribution in [3.8, 4) is 0 Å². The van der Waals surface area contributed by atoms with Crippen LogP contribution in [0.25, 0.3) is 21.1 Å². The van der Waals surface area contributed by atoms with E-state index < -0.39 is 0 Å². The molecule has 0 unspecified atom stereocenters. The molecule has 1 aromatic carbocycles. The van der Waals surface area contributed by atoms with Crippen molar-refractivity contribution < 1.29 is 4.79 Å². The van der Waals surface area contributed by atoms with E-state index in [-0.39, 0.29) is 11.5 Å². The molecule has 2 N–H and O–H groups in total. The third-order valence-electron chi connectivity index (χ3n) is 5.29. The van der Waals surface area contributed by atoms with E-state index in [9.17, 15) is 9.59 Å². The third kappa shape index (κ3) is 3.61. The normalized spacial score (nSPS) is 13.8. The van der Waals surface area contributed by atoms with E-state index in [2.05, 4.69) is 15.3 Å². The molecule has 1 fully saturated rings. The van der Waals surface area contributed by atoms with Crippen LogP contribution in [0.3, 0.4) is 0 Å². The molecule has 3 aromatic heterocycles. The first kappa shape index (κ1) is 19.3. The first-order valence-electron chi connectivity index (χ1n) is 9.82. The van der Waals surface area contributed by atoms with E-state index in [1.54, 1.807) is 0 Å². The van der Waals surface area contributed by atoms with Gasteiger partial charge in [0.05, 0.1) is 27.2 Å². The highest BCUT2D eigenvalue weighted by Gasteiger charge is 2.25. The molecule has 1 aliphatic carbocycles. The standard InChI is InChI=1S/C22H20N4O2S2/c1-11-12(2)30-22-19(11)21(28)25-17(26-22)10-29-18-9-15(20(27)23-13-7-8-13)14-5-3-4-6-16(14)24-18/h3-6,9,13H,7-8,10H2,1-2H3,(H,23,27)(H,25,26,28). The molecule has 6 nitrogen and oxygen atoms in total. The van der Waals surface area contributed by atoms with Crippen molar-refractivity contribution in [3.05, 3.63) is 62.5 Å². The minimum Gasteiger partial charge on any atom is -0.349 e. The van der Waals surface area contributed by atoms with Crippen LogP contribution >= 0.6 is 23.1 Å². The number of pyridine rings is 1. The number of aromatic amines is 1. The van der Waals surface area contributed by atoms with E-state index in [1.165, 1.54) is 23.1 Å². The van der Waals surface area contributed by atoms with Crippen LogP contribution in [0.4, 0.5) is 0 Å². The van der Waals surface area contributed by atoms with Crippen LogP contribution in [0.2, 0.25) is 0 Å². The summed E-state index contributed by atoms with van der Waals surface area (Å²) in [6, 6.07) is 9.80. The van der Waals surface area contributed by atoms with Gasteiger partial charge in [-0.05, 0) is 44.4 Å². The molecule has 30 heavy (non-hydrogen) atoms. The number of rotatable bonds is 5. The number of hydrogen-bond acceptors (Lipinski definition) is 6. The van der Waals surface area contributed by atoms with Gasteiger partial charge in [-0.3, -0.25) is 9.59 Å². The highest BCUT2D eigenvalue weighted by Crippen LogP contribution is 2.29. The fourth-order valence-electron chi connectivity index (χ4n) is 3.41. The number of para-hydroxylation sites is 1. The molecule has 0 atom stereocenters. The molecule has 0 aliphatic heterocycles. The highest BCUT2D eigenvalue weighted by molar-refractivity contribution is 7.98. The molecule has 8 heteroatoms. The topological polar surface area (TPSA) is 87.7 Å². The Labute approximate surface area is 181 Å². The van der Waals surface area contributed by atoms with Crippen LogP contribution in [0, 0.1) is 13.8 Å². The van der Waals surface area contributed by atoms with Gasteiger partial charge in [-0.25, -0.2) is 9.97 Å². The fourth-order valence-corrected chi connectivity index (χ4v) is 5.25. The Kier molecular flexibility index (Phi) is 4.83. The summed E-state index contributed by atoms with van der Waals surface area (Å²) in [6.45, 7) is 3.95. The van der Waals surface area contributed by atoms with Crippen LogP contribution in [0.5, 0.6) is 0 Å². The lowest BCUT2D eigenvalue weighted by Gasteiger charge is -2.10. The average Bonchev–Trinajstić information content (AvgIpc) is 3.49. The van der Waals surface area contributed by atoms with Crippen LogP contribution in [0.15, 0.2) is 40.2 Å². The number of benzene rings is 1. The molecule has 0 bridgehead atoms. The SMILES string of the molecule is Cc1sc2nc(CSc3cc(C(=O)NC4CC4)c4ccccc4n3)[nH]c(=O)c2c1C. The molecule has 1 saturated carbocycles. The minimum absolute atomic E-state index is 0.0598. The fraction of sp³-hybridized carbons (Fsp3) is 0.273. The van der Waals surface area contributed by atoms with Crippen molar-refractivity contribution >= 4 is 50.1 Å². The van der Waals surface area contributed by atoms with Gasteiger partial charge >= 0.3 is 0 Å². The van der Waals surface area contributed by atoms with Crippen LogP contribution in [-0.2, 0) is 5.75 Å². The summed E-state index contributed by atoms with van der Waals surface area (Å²) in [4.78, 5) is 39.4. The molecule has 1 amide bonds. The summed E-state index contributed by atoms with van der Waals surface area (Å²) < 4.78 is 0. The second-order valence-corrected chi connectivity index (χ2v) is 9.74. The zero-order valence-electron chi connectivity index (χ0n) is 16.6. The van der Waals surface area contributed by atoms with Crippen molar-refractivity contribution in [2.45, 2.75) is 43.5 Å². The Bertz CT molecular complexity index is 1350. The largest absolute Gasteiger partial charge is 0.349 e. The lowest BCUT2D eigenvalue weighted by atomic mass is 10.1. The molecule has 0 saturated heterocycles. The van der Waals surface area contributed by atoms with Gasteiger partial charge in [0, 0.05) is 16.3 Å². The van der Waals surface area contributed by atoms with Gasteiger partial charge in [-0.1, -0.05) is 30.0 Å². The van der Waals surface area contributed by atoms with E-state index >= 15 is 0 Å². The Morgan fingerprint density at radius 1 is 1.27 bits per heavy atom. The van der Waals surface area contributed by atoms with E-state index in [0.29, 0.717) is 28.6 Å². The number of thioether (sulfide) groups is 1.